The van der Waals surface area contributed by atoms with Gasteiger partial charge in [-0.3, -0.25) is 14.4 Å². The lowest BCUT2D eigenvalue weighted by Crippen LogP contribution is -2.58. The Balaban J connectivity index is 1.99. The van der Waals surface area contributed by atoms with Crippen LogP contribution in [0.5, 0.6) is 5.75 Å². The summed E-state index contributed by atoms with van der Waals surface area (Å²) in [5, 5.41) is 18.4. The Morgan fingerprint density at radius 3 is 2.28 bits per heavy atom. The number of carbonyl (C=O) groups excluding carboxylic acids is 4. The molecule has 272 valence electrons. The summed E-state index contributed by atoms with van der Waals surface area (Å²) >= 11 is 6.35. The average molecular weight is 710 g/mol. The predicted octanol–water partition coefficient (Wildman–Crippen LogP) is 5.54. The molecule has 50 heavy (non-hydrogen) atoms. The summed E-state index contributed by atoms with van der Waals surface area (Å²) in [5.41, 5.74) is 0.909. The summed E-state index contributed by atoms with van der Waals surface area (Å²) in [6.45, 7) is 12.9. The van der Waals surface area contributed by atoms with Crippen LogP contribution < -0.4 is 20.7 Å². The Morgan fingerprint density at radius 1 is 1.02 bits per heavy atom. The number of halogens is 1. The Labute approximate surface area is 301 Å². The van der Waals surface area contributed by atoms with Crippen molar-refractivity contribution in [2.24, 2.45) is 16.7 Å². The van der Waals surface area contributed by atoms with Gasteiger partial charge in [0.05, 0.1) is 24.2 Å². The Hall–Kier alpha value is -4.15. The number of amides is 3. The minimum absolute atomic E-state index is 0.0536. The first-order valence-corrected chi connectivity index (χ1v) is 17.3. The van der Waals surface area contributed by atoms with Crippen molar-refractivity contribution in [1.29, 1.82) is 0 Å². The number of carbonyl (C=O) groups is 4. The standard InChI is InChI=1S/C39H52ClN3O7/c1-24(12-13-26-14-16-27(23-44)17-15-26)32-10-9-11-34(45)42-30(21-28-18-19-33(49-8)29(40)20-28)35(46)41-25(2)39(6,7)37(48)43-31(36(47)50-32)22-38(3,4)5/h9,11-20,24-25,30-32,44H,10,21-23H2,1-8H3,(H,41,46)(H,42,45)(H,43,48)/b11-9+,13-12+/t24-,25?,30-,31+,32+/m1/s1. The Morgan fingerprint density at radius 2 is 1.68 bits per heavy atom. The zero-order chi connectivity index (χ0) is 37.2. The molecule has 4 N–H and O–H groups in total. The molecule has 1 unspecified atom stereocenters. The number of rotatable bonds is 8. The quantitative estimate of drug-likeness (QED) is 0.264. The molecule has 0 radical (unpaired) electrons. The summed E-state index contributed by atoms with van der Waals surface area (Å²) in [4.78, 5) is 54.6. The van der Waals surface area contributed by atoms with E-state index in [9.17, 15) is 24.3 Å². The van der Waals surface area contributed by atoms with E-state index in [0.29, 0.717) is 22.8 Å². The molecule has 2 aromatic carbocycles. The summed E-state index contributed by atoms with van der Waals surface area (Å²) in [7, 11) is 1.51. The van der Waals surface area contributed by atoms with E-state index < -0.39 is 53.3 Å². The summed E-state index contributed by atoms with van der Waals surface area (Å²) < 4.78 is 11.4. The van der Waals surface area contributed by atoms with E-state index in [0.717, 1.165) is 11.1 Å². The van der Waals surface area contributed by atoms with E-state index in [1.165, 1.54) is 13.2 Å². The number of aliphatic hydroxyl groups excluding tert-OH is 1. The molecule has 3 amide bonds. The minimum atomic E-state index is -1.15. The number of ether oxygens (including phenoxy) is 2. The van der Waals surface area contributed by atoms with Gasteiger partial charge in [-0.15, -0.1) is 0 Å². The van der Waals surface area contributed by atoms with Gasteiger partial charge in [-0.2, -0.15) is 0 Å². The van der Waals surface area contributed by atoms with Crippen molar-refractivity contribution < 1.29 is 33.8 Å². The van der Waals surface area contributed by atoms with Crippen molar-refractivity contribution in [3.05, 3.63) is 82.4 Å². The molecule has 0 bridgehead atoms. The highest BCUT2D eigenvalue weighted by Gasteiger charge is 2.40. The smallest absolute Gasteiger partial charge is 0.328 e. The highest BCUT2D eigenvalue weighted by molar-refractivity contribution is 6.32. The molecule has 0 aromatic heterocycles. The van der Waals surface area contributed by atoms with Crippen molar-refractivity contribution in [3.63, 3.8) is 0 Å². The fourth-order valence-electron chi connectivity index (χ4n) is 5.37. The van der Waals surface area contributed by atoms with E-state index in [1.54, 1.807) is 45.0 Å². The molecule has 10 nitrogen and oxygen atoms in total. The SMILES string of the molecule is COc1ccc(C[C@H]2NC(=O)/C=C/C[C@@H]([C@H](C)/C=C/c3ccc(CO)cc3)OC(=O)[C@H](CC(C)(C)C)NC(=O)C(C)(C)C(C)NC2=O)cc1Cl. The molecule has 2 aromatic rings. The number of esters is 1. The molecular formula is C39H52ClN3O7. The van der Waals surface area contributed by atoms with Gasteiger partial charge in [0.1, 0.15) is 23.9 Å². The first-order valence-electron chi connectivity index (χ1n) is 16.9. The van der Waals surface area contributed by atoms with Gasteiger partial charge in [-0.1, -0.05) is 87.9 Å². The first kappa shape index (κ1) is 40.3. The molecule has 1 aliphatic heterocycles. The number of cyclic esters (lactones) is 1. The van der Waals surface area contributed by atoms with Crippen LogP contribution in [0.15, 0.2) is 60.7 Å². The van der Waals surface area contributed by atoms with Crippen LogP contribution in [0.2, 0.25) is 5.02 Å². The van der Waals surface area contributed by atoms with E-state index in [4.69, 9.17) is 21.1 Å². The predicted molar refractivity (Wildman–Crippen MR) is 195 cm³/mol. The monoisotopic (exact) mass is 709 g/mol. The number of methoxy groups -OCH3 is 1. The molecule has 11 heteroatoms. The van der Waals surface area contributed by atoms with Gasteiger partial charge < -0.3 is 30.5 Å². The molecular weight excluding hydrogens is 658 g/mol. The molecule has 0 saturated heterocycles. The van der Waals surface area contributed by atoms with Crippen LogP contribution in [0.1, 0.15) is 78.0 Å². The van der Waals surface area contributed by atoms with Crippen molar-refractivity contribution >= 4 is 41.4 Å². The second kappa shape index (κ2) is 17.7. The van der Waals surface area contributed by atoms with Crippen molar-refractivity contribution in [2.75, 3.05) is 7.11 Å². The third-order valence-electron chi connectivity index (χ3n) is 8.97. The number of hydrogen-bond donors (Lipinski definition) is 4. The third kappa shape index (κ3) is 11.7. The third-order valence-corrected chi connectivity index (χ3v) is 9.26. The zero-order valence-electron chi connectivity index (χ0n) is 30.3. The van der Waals surface area contributed by atoms with E-state index in [-0.39, 0.29) is 30.8 Å². The summed E-state index contributed by atoms with van der Waals surface area (Å²) in [6, 6.07) is 9.93. The maximum Gasteiger partial charge on any atom is 0.328 e. The maximum absolute atomic E-state index is 13.8. The lowest BCUT2D eigenvalue weighted by molar-refractivity contribution is -0.156. The molecule has 0 fully saturated rings. The fraction of sp³-hybridized carbons (Fsp3) is 0.487. The van der Waals surface area contributed by atoms with Crippen molar-refractivity contribution in [3.8, 4) is 5.75 Å². The van der Waals surface area contributed by atoms with Gasteiger partial charge in [0.2, 0.25) is 17.7 Å². The number of nitrogens with one attached hydrogen (secondary N) is 3. The highest BCUT2D eigenvalue weighted by Crippen LogP contribution is 2.28. The maximum atomic E-state index is 13.8. The van der Waals surface area contributed by atoms with E-state index >= 15 is 0 Å². The fourth-order valence-corrected chi connectivity index (χ4v) is 5.65. The molecule has 5 atom stereocenters. The van der Waals surface area contributed by atoms with Crippen molar-refractivity contribution in [2.45, 2.75) is 98.6 Å². The summed E-state index contributed by atoms with van der Waals surface area (Å²) in [5.74, 6) is -1.81. The van der Waals surface area contributed by atoms with Crippen LogP contribution in [0.4, 0.5) is 0 Å². The number of hydrogen-bond acceptors (Lipinski definition) is 7. The second-order valence-corrected chi connectivity index (χ2v) is 15.1. The lowest BCUT2D eigenvalue weighted by atomic mass is 9.82. The van der Waals surface area contributed by atoms with Gasteiger partial charge in [-0.25, -0.2) is 4.79 Å². The Bertz CT molecular complexity index is 1560. The zero-order valence-corrected chi connectivity index (χ0v) is 31.1. The van der Waals surface area contributed by atoms with Crippen LogP contribution in [0, 0.1) is 16.7 Å². The summed E-state index contributed by atoms with van der Waals surface area (Å²) in [6.07, 6.45) is 6.72. The Kier molecular flexibility index (Phi) is 14.2. The van der Waals surface area contributed by atoms with Crippen LogP contribution in [-0.4, -0.2) is 60.1 Å². The number of aliphatic hydroxyl groups is 1. The highest BCUT2D eigenvalue weighted by atomic mass is 35.5. The van der Waals surface area contributed by atoms with Gasteiger partial charge in [0.15, 0.2) is 0 Å². The van der Waals surface area contributed by atoms with Gasteiger partial charge in [-0.05, 0) is 67.5 Å². The molecule has 0 saturated carbocycles. The number of benzene rings is 2. The van der Waals surface area contributed by atoms with E-state index in [1.807, 2.05) is 64.1 Å². The van der Waals surface area contributed by atoms with Crippen LogP contribution in [0.3, 0.4) is 0 Å². The van der Waals surface area contributed by atoms with Gasteiger partial charge >= 0.3 is 5.97 Å². The lowest BCUT2D eigenvalue weighted by Gasteiger charge is -2.35. The molecule has 3 rings (SSSR count). The van der Waals surface area contributed by atoms with Crippen molar-refractivity contribution in [1.82, 2.24) is 16.0 Å². The van der Waals surface area contributed by atoms with E-state index in [2.05, 4.69) is 16.0 Å². The van der Waals surface area contributed by atoms with Gasteiger partial charge in [0, 0.05) is 24.8 Å². The van der Waals surface area contributed by atoms with Crippen LogP contribution in [0.25, 0.3) is 6.08 Å². The second-order valence-electron chi connectivity index (χ2n) is 14.7. The largest absolute Gasteiger partial charge is 0.495 e. The first-order chi connectivity index (χ1) is 23.4. The van der Waals surface area contributed by atoms with Crippen LogP contribution in [-0.2, 0) is 36.9 Å². The molecule has 1 heterocycles. The van der Waals surface area contributed by atoms with Gasteiger partial charge in [0.25, 0.3) is 0 Å². The average Bonchev–Trinajstić information content (AvgIpc) is 3.05. The normalized spacial score (nSPS) is 23.7. The molecule has 0 aliphatic carbocycles. The molecule has 0 spiro atoms. The minimum Gasteiger partial charge on any atom is -0.495 e. The van der Waals surface area contributed by atoms with Crippen LogP contribution >= 0.6 is 11.6 Å². The molecule has 1 aliphatic rings. The topological polar surface area (TPSA) is 143 Å².